The van der Waals surface area contributed by atoms with E-state index >= 15 is 0 Å². The monoisotopic (exact) mass is 390 g/mol. The average molecular weight is 391 g/mol. The summed E-state index contributed by atoms with van der Waals surface area (Å²) in [5, 5.41) is 0.0678. The minimum Gasteiger partial charge on any atom is -0.497 e. The minimum atomic E-state index is 0.0678. The van der Waals surface area contributed by atoms with Gasteiger partial charge in [0.15, 0.2) is 5.78 Å². The largest absolute Gasteiger partial charge is 0.497 e. The van der Waals surface area contributed by atoms with Crippen LogP contribution in [0.25, 0.3) is 0 Å². The van der Waals surface area contributed by atoms with Crippen LogP contribution < -0.4 is 4.74 Å². The average Bonchev–Trinajstić information content (AvgIpc) is 2.74. The third-order valence-corrected chi connectivity index (χ3v) is 6.05. The molecule has 0 aromatic heterocycles. The summed E-state index contributed by atoms with van der Waals surface area (Å²) in [4.78, 5) is 14.1. The van der Waals surface area contributed by atoms with Crippen LogP contribution >= 0.6 is 11.8 Å². The van der Waals surface area contributed by atoms with Gasteiger partial charge in [-0.2, -0.15) is 0 Å². The standard InChI is InChI=1S/C25H26O2S/c1-18(2)19-9-11-21(12-10-19)25(28-23-7-5-4-6-8-23)17-24(26)20-13-15-22(27-3)16-14-20/h4-16,18,25H,17H2,1-3H3/t25-/m1/s1. The van der Waals surface area contributed by atoms with Gasteiger partial charge in [0.05, 0.1) is 7.11 Å². The highest BCUT2D eigenvalue weighted by atomic mass is 32.2. The number of hydrogen-bond acceptors (Lipinski definition) is 3. The topological polar surface area (TPSA) is 26.3 Å². The lowest BCUT2D eigenvalue weighted by Gasteiger charge is -2.18. The zero-order valence-electron chi connectivity index (χ0n) is 16.6. The molecule has 3 aromatic carbocycles. The predicted molar refractivity (Wildman–Crippen MR) is 118 cm³/mol. The Morgan fingerprint density at radius 2 is 1.46 bits per heavy atom. The van der Waals surface area contributed by atoms with E-state index in [0.29, 0.717) is 12.3 Å². The van der Waals surface area contributed by atoms with E-state index in [9.17, 15) is 4.79 Å². The molecule has 3 rings (SSSR count). The van der Waals surface area contributed by atoms with Crippen molar-refractivity contribution in [3.05, 3.63) is 95.6 Å². The second kappa shape index (κ2) is 9.61. The number of benzene rings is 3. The van der Waals surface area contributed by atoms with E-state index in [2.05, 4.69) is 50.2 Å². The zero-order chi connectivity index (χ0) is 19.9. The van der Waals surface area contributed by atoms with Crippen molar-refractivity contribution in [2.75, 3.05) is 7.11 Å². The molecule has 0 N–H and O–H groups in total. The number of rotatable bonds is 8. The molecule has 1 atom stereocenters. The Balaban J connectivity index is 1.83. The van der Waals surface area contributed by atoms with Crippen LogP contribution in [0.2, 0.25) is 0 Å². The second-order valence-electron chi connectivity index (χ2n) is 7.10. The first-order valence-electron chi connectivity index (χ1n) is 9.55. The number of ketones is 1. The van der Waals surface area contributed by atoms with Gasteiger partial charge >= 0.3 is 0 Å². The molecule has 0 bridgehead atoms. The van der Waals surface area contributed by atoms with Gasteiger partial charge in [0, 0.05) is 22.1 Å². The number of hydrogen-bond donors (Lipinski definition) is 0. The van der Waals surface area contributed by atoms with Crippen molar-refractivity contribution in [1.29, 1.82) is 0 Å². The Labute approximate surface area is 171 Å². The van der Waals surface area contributed by atoms with E-state index in [1.165, 1.54) is 16.0 Å². The first-order valence-corrected chi connectivity index (χ1v) is 10.4. The molecule has 0 unspecified atom stereocenters. The lowest BCUT2D eigenvalue weighted by Crippen LogP contribution is -2.06. The number of carbonyl (C=O) groups excluding carboxylic acids is 1. The van der Waals surface area contributed by atoms with Crippen molar-refractivity contribution in [3.63, 3.8) is 0 Å². The summed E-state index contributed by atoms with van der Waals surface area (Å²) in [5.74, 6) is 1.40. The number of ether oxygens (including phenoxy) is 1. The predicted octanol–water partition coefficient (Wildman–Crippen LogP) is 6.93. The molecular weight excluding hydrogens is 364 g/mol. The summed E-state index contributed by atoms with van der Waals surface area (Å²) >= 11 is 1.74. The van der Waals surface area contributed by atoms with Crippen LogP contribution in [0.5, 0.6) is 5.75 Å². The van der Waals surface area contributed by atoms with Crippen LogP contribution in [0.15, 0.2) is 83.8 Å². The number of thioether (sulfide) groups is 1. The maximum atomic E-state index is 12.9. The van der Waals surface area contributed by atoms with Crippen molar-refractivity contribution in [1.82, 2.24) is 0 Å². The van der Waals surface area contributed by atoms with E-state index in [4.69, 9.17) is 4.74 Å². The van der Waals surface area contributed by atoms with Crippen molar-refractivity contribution < 1.29 is 9.53 Å². The van der Waals surface area contributed by atoms with Gasteiger partial charge in [-0.15, -0.1) is 11.8 Å². The maximum absolute atomic E-state index is 12.9. The van der Waals surface area contributed by atoms with Crippen LogP contribution in [-0.4, -0.2) is 12.9 Å². The van der Waals surface area contributed by atoms with Crippen LogP contribution in [0, 0.1) is 0 Å². The molecule has 0 aliphatic carbocycles. The molecular formula is C25H26O2S. The SMILES string of the molecule is COc1ccc(C(=O)C[C@@H](Sc2ccccc2)c2ccc(C(C)C)cc2)cc1. The van der Waals surface area contributed by atoms with Gasteiger partial charge in [-0.1, -0.05) is 56.3 Å². The summed E-state index contributed by atoms with van der Waals surface area (Å²) in [7, 11) is 1.63. The van der Waals surface area contributed by atoms with Gasteiger partial charge in [0.25, 0.3) is 0 Å². The lowest BCUT2D eigenvalue weighted by atomic mass is 9.98. The van der Waals surface area contributed by atoms with E-state index in [0.717, 1.165) is 11.3 Å². The fraction of sp³-hybridized carbons (Fsp3) is 0.240. The Kier molecular flexibility index (Phi) is 6.94. The molecule has 0 amide bonds. The van der Waals surface area contributed by atoms with Gasteiger partial charge in [0.2, 0.25) is 0 Å². The van der Waals surface area contributed by atoms with Crippen LogP contribution in [0.3, 0.4) is 0 Å². The van der Waals surface area contributed by atoms with E-state index in [-0.39, 0.29) is 11.0 Å². The lowest BCUT2D eigenvalue weighted by molar-refractivity contribution is 0.0982. The normalized spacial score (nSPS) is 12.0. The third kappa shape index (κ3) is 5.26. The molecule has 3 aromatic rings. The van der Waals surface area contributed by atoms with Gasteiger partial charge in [0.1, 0.15) is 5.75 Å². The van der Waals surface area contributed by atoms with E-state index in [1.54, 1.807) is 18.9 Å². The fourth-order valence-electron chi connectivity index (χ4n) is 3.05. The minimum absolute atomic E-state index is 0.0678. The highest BCUT2D eigenvalue weighted by Crippen LogP contribution is 2.39. The Bertz CT molecular complexity index is 884. The van der Waals surface area contributed by atoms with Crippen molar-refractivity contribution >= 4 is 17.5 Å². The Morgan fingerprint density at radius 1 is 0.857 bits per heavy atom. The maximum Gasteiger partial charge on any atom is 0.164 e. The summed E-state index contributed by atoms with van der Waals surface area (Å²) < 4.78 is 5.19. The van der Waals surface area contributed by atoms with Gasteiger partial charge in [-0.05, 0) is 53.4 Å². The molecule has 0 spiro atoms. The highest BCUT2D eigenvalue weighted by Gasteiger charge is 2.19. The smallest absolute Gasteiger partial charge is 0.164 e. The Morgan fingerprint density at radius 3 is 2.04 bits per heavy atom. The fourth-order valence-corrected chi connectivity index (χ4v) is 4.22. The molecule has 0 fully saturated rings. The Hall–Kier alpha value is -2.52. The molecule has 0 saturated heterocycles. The summed E-state index contributed by atoms with van der Waals surface area (Å²) in [5.41, 5.74) is 3.21. The number of methoxy groups -OCH3 is 1. The molecule has 0 saturated carbocycles. The van der Waals surface area contributed by atoms with Crippen LogP contribution in [0.1, 0.15) is 52.9 Å². The van der Waals surface area contributed by atoms with Crippen molar-refractivity contribution in [3.8, 4) is 5.75 Å². The highest BCUT2D eigenvalue weighted by molar-refractivity contribution is 7.99. The summed E-state index contributed by atoms with van der Waals surface area (Å²) in [6.07, 6.45) is 0.451. The summed E-state index contributed by atoms with van der Waals surface area (Å²) in [6, 6.07) is 26.3. The van der Waals surface area contributed by atoms with E-state index < -0.39 is 0 Å². The molecule has 0 radical (unpaired) electrons. The quantitative estimate of drug-likeness (QED) is 0.308. The first kappa shape index (κ1) is 20.2. The molecule has 2 nitrogen and oxygen atoms in total. The number of Topliss-reactive ketones (excluding diaryl/α,β-unsaturated/α-hetero) is 1. The molecule has 28 heavy (non-hydrogen) atoms. The van der Waals surface area contributed by atoms with Gasteiger partial charge in [-0.3, -0.25) is 4.79 Å². The molecule has 0 aliphatic rings. The molecule has 3 heteroatoms. The van der Waals surface area contributed by atoms with Crippen LogP contribution in [-0.2, 0) is 0 Å². The van der Waals surface area contributed by atoms with Gasteiger partial charge in [-0.25, -0.2) is 0 Å². The third-order valence-electron chi connectivity index (χ3n) is 4.78. The van der Waals surface area contributed by atoms with Gasteiger partial charge < -0.3 is 4.74 Å². The number of carbonyl (C=O) groups is 1. The zero-order valence-corrected chi connectivity index (χ0v) is 17.4. The summed E-state index contributed by atoms with van der Waals surface area (Å²) in [6.45, 7) is 4.39. The second-order valence-corrected chi connectivity index (χ2v) is 8.37. The van der Waals surface area contributed by atoms with Crippen LogP contribution in [0.4, 0.5) is 0 Å². The van der Waals surface area contributed by atoms with Crippen molar-refractivity contribution in [2.24, 2.45) is 0 Å². The van der Waals surface area contributed by atoms with E-state index in [1.807, 2.05) is 42.5 Å². The molecule has 144 valence electrons. The molecule has 0 heterocycles. The van der Waals surface area contributed by atoms with Crippen molar-refractivity contribution in [2.45, 2.75) is 36.3 Å². The first-order chi connectivity index (χ1) is 13.6. The molecule has 0 aliphatic heterocycles.